The first-order valence-electron chi connectivity index (χ1n) is 5.17. The third-order valence-corrected chi connectivity index (χ3v) is 2.91. The quantitative estimate of drug-likeness (QED) is 0.498. The van der Waals surface area contributed by atoms with Crippen LogP contribution in [0, 0.1) is 11.3 Å². The van der Waals surface area contributed by atoms with Gasteiger partial charge in [-0.05, 0) is 37.3 Å². The summed E-state index contributed by atoms with van der Waals surface area (Å²) >= 11 is 0. The molecule has 0 atom stereocenters. The van der Waals surface area contributed by atoms with Gasteiger partial charge in [-0.2, -0.15) is 5.26 Å². The van der Waals surface area contributed by atoms with Crippen LogP contribution in [0.5, 0.6) is 0 Å². The SMILES string of the molecule is N#Cc1cc2c(n(N)c1=O)CCCCC2. The van der Waals surface area contributed by atoms with Crippen LogP contribution in [0.4, 0.5) is 0 Å². The molecule has 0 aromatic carbocycles. The Morgan fingerprint density at radius 1 is 1.33 bits per heavy atom. The van der Waals surface area contributed by atoms with Crippen molar-refractivity contribution in [2.24, 2.45) is 0 Å². The fourth-order valence-electron chi connectivity index (χ4n) is 2.09. The second kappa shape index (κ2) is 3.77. The van der Waals surface area contributed by atoms with E-state index in [0.717, 1.165) is 48.0 Å². The van der Waals surface area contributed by atoms with Crippen molar-refractivity contribution in [1.29, 1.82) is 5.26 Å². The Kier molecular flexibility index (Phi) is 2.46. The Hall–Kier alpha value is -1.76. The molecule has 1 heterocycles. The summed E-state index contributed by atoms with van der Waals surface area (Å²) in [5.74, 6) is 5.70. The molecule has 2 N–H and O–H groups in total. The highest BCUT2D eigenvalue weighted by Crippen LogP contribution is 2.18. The highest BCUT2D eigenvalue weighted by Gasteiger charge is 2.14. The minimum Gasteiger partial charge on any atom is -0.336 e. The number of hydrogen-bond acceptors (Lipinski definition) is 3. The highest BCUT2D eigenvalue weighted by atomic mass is 16.1. The van der Waals surface area contributed by atoms with E-state index in [0.29, 0.717) is 0 Å². The van der Waals surface area contributed by atoms with E-state index in [1.54, 1.807) is 6.07 Å². The minimum atomic E-state index is -0.377. The van der Waals surface area contributed by atoms with Crippen LogP contribution in [0.15, 0.2) is 10.9 Å². The van der Waals surface area contributed by atoms with Crippen LogP contribution in [0.2, 0.25) is 0 Å². The average molecular weight is 203 g/mol. The summed E-state index contributed by atoms with van der Waals surface area (Å²) in [6.07, 6.45) is 5.09. The molecular formula is C11H13N3O. The van der Waals surface area contributed by atoms with Crippen LogP contribution in [0.3, 0.4) is 0 Å². The van der Waals surface area contributed by atoms with Crippen molar-refractivity contribution in [2.75, 3.05) is 5.84 Å². The number of fused-ring (bicyclic) bond motifs is 1. The molecule has 0 unspecified atom stereocenters. The van der Waals surface area contributed by atoms with Crippen LogP contribution in [0.1, 0.15) is 36.1 Å². The normalized spacial score (nSPS) is 15.1. The third-order valence-electron chi connectivity index (χ3n) is 2.91. The van der Waals surface area contributed by atoms with Crippen molar-refractivity contribution < 1.29 is 0 Å². The van der Waals surface area contributed by atoms with Crippen LogP contribution in [0.25, 0.3) is 0 Å². The van der Waals surface area contributed by atoms with Crippen molar-refractivity contribution >= 4 is 0 Å². The first-order valence-corrected chi connectivity index (χ1v) is 5.17. The number of nitriles is 1. The lowest BCUT2D eigenvalue weighted by atomic mass is 10.1. The zero-order valence-corrected chi connectivity index (χ0v) is 8.49. The molecule has 78 valence electrons. The van der Waals surface area contributed by atoms with Crippen LogP contribution < -0.4 is 11.4 Å². The minimum absolute atomic E-state index is 0.151. The number of nitrogen functional groups attached to an aromatic ring is 1. The van der Waals surface area contributed by atoms with Gasteiger partial charge in [0.2, 0.25) is 0 Å². The third kappa shape index (κ3) is 1.61. The lowest BCUT2D eigenvalue weighted by Gasteiger charge is -2.10. The Morgan fingerprint density at radius 3 is 2.80 bits per heavy atom. The van der Waals surface area contributed by atoms with Gasteiger partial charge in [-0.25, -0.2) is 4.68 Å². The summed E-state index contributed by atoms with van der Waals surface area (Å²) in [7, 11) is 0. The van der Waals surface area contributed by atoms with Gasteiger partial charge in [-0.3, -0.25) is 4.79 Å². The van der Waals surface area contributed by atoms with E-state index < -0.39 is 0 Å². The van der Waals surface area contributed by atoms with E-state index in [4.69, 9.17) is 11.1 Å². The summed E-state index contributed by atoms with van der Waals surface area (Å²) in [5, 5.41) is 8.80. The van der Waals surface area contributed by atoms with Gasteiger partial charge in [0.15, 0.2) is 0 Å². The molecule has 1 aliphatic rings. The van der Waals surface area contributed by atoms with Crippen LogP contribution >= 0.6 is 0 Å². The number of aryl methyl sites for hydroxylation is 1. The number of nitrogens with zero attached hydrogens (tertiary/aromatic N) is 2. The average Bonchev–Trinajstić information content (AvgIpc) is 2.48. The molecule has 0 spiro atoms. The van der Waals surface area contributed by atoms with Gasteiger partial charge in [0.25, 0.3) is 5.56 Å². The molecule has 1 aromatic heterocycles. The molecule has 1 aromatic rings. The molecule has 1 aliphatic carbocycles. The van der Waals surface area contributed by atoms with Crippen molar-refractivity contribution in [1.82, 2.24) is 4.68 Å². The van der Waals surface area contributed by atoms with Gasteiger partial charge >= 0.3 is 0 Å². The van der Waals surface area contributed by atoms with E-state index in [-0.39, 0.29) is 11.1 Å². The zero-order valence-electron chi connectivity index (χ0n) is 8.49. The summed E-state index contributed by atoms with van der Waals surface area (Å²) < 4.78 is 1.15. The Bertz CT molecular complexity index is 482. The molecular weight excluding hydrogens is 190 g/mol. The first kappa shape index (κ1) is 9.78. The molecule has 2 rings (SSSR count). The fourth-order valence-corrected chi connectivity index (χ4v) is 2.09. The van der Waals surface area contributed by atoms with Crippen molar-refractivity contribution in [3.8, 4) is 6.07 Å². The smallest absolute Gasteiger partial charge is 0.286 e. The first-order chi connectivity index (χ1) is 7.24. The Balaban J connectivity index is 2.65. The maximum absolute atomic E-state index is 11.6. The molecule has 0 amide bonds. The summed E-state index contributed by atoms with van der Waals surface area (Å²) in [5.41, 5.74) is 1.74. The molecule has 0 fully saturated rings. The molecule has 0 radical (unpaired) electrons. The van der Waals surface area contributed by atoms with E-state index in [1.165, 1.54) is 0 Å². The number of hydrogen-bond donors (Lipinski definition) is 1. The van der Waals surface area contributed by atoms with Crippen molar-refractivity contribution in [3.63, 3.8) is 0 Å². The second-order valence-corrected chi connectivity index (χ2v) is 3.88. The second-order valence-electron chi connectivity index (χ2n) is 3.88. The molecule has 4 heteroatoms. The number of rotatable bonds is 0. The lowest BCUT2D eigenvalue weighted by Crippen LogP contribution is -2.33. The molecule has 0 saturated heterocycles. The highest BCUT2D eigenvalue weighted by molar-refractivity contribution is 5.35. The van der Waals surface area contributed by atoms with Crippen LogP contribution in [-0.2, 0) is 12.8 Å². The molecule has 0 bridgehead atoms. The molecule has 0 saturated carbocycles. The Morgan fingerprint density at radius 2 is 2.07 bits per heavy atom. The topological polar surface area (TPSA) is 71.8 Å². The van der Waals surface area contributed by atoms with Crippen molar-refractivity contribution in [2.45, 2.75) is 32.1 Å². The lowest BCUT2D eigenvalue weighted by molar-refractivity contribution is 0.699. The molecule has 4 nitrogen and oxygen atoms in total. The monoisotopic (exact) mass is 203 g/mol. The predicted octanol–water partition coefficient (Wildman–Crippen LogP) is 0.703. The van der Waals surface area contributed by atoms with Crippen molar-refractivity contribution in [3.05, 3.63) is 33.2 Å². The summed E-state index contributed by atoms with van der Waals surface area (Å²) in [4.78, 5) is 11.6. The van der Waals surface area contributed by atoms with Gasteiger partial charge in [0.1, 0.15) is 11.6 Å². The van der Waals surface area contributed by atoms with Crippen LogP contribution in [-0.4, -0.2) is 4.68 Å². The predicted molar refractivity (Wildman–Crippen MR) is 56.8 cm³/mol. The van der Waals surface area contributed by atoms with E-state index in [2.05, 4.69) is 0 Å². The standard InChI is InChI=1S/C11H13N3O/c12-7-9-6-8-4-2-1-3-5-10(8)14(13)11(9)15/h6H,1-5,13H2. The van der Waals surface area contributed by atoms with Gasteiger partial charge in [-0.1, -0.05) is 6.42 Å². The van der Waals surface area contributed by atoms with E-state index in [1.807, 2.05) is 6.07 Å². The molecule has 15 heavy (non-hydrogen) atoms. The number of aromatic nitrogens is 1. The summed E-state index contributed by atoms with van der Waals surface area (Å²) in [6.45, 7) is 0. The maximum Gasteiger partial charge on any atom is 0.286 e. The zero-order chi connectivity index (χ0) is 10.8. The maximum atomic E-state index is 11.6. The number of pyridine rings is 1. The van der Waals surface area contributed by atoms with Gasteiger partial charge < -0.3 is 5.84 Å². The van der Waals surface area contributed by atoms with E-state index in [9.17, 15) is 4.79 Å². The van der Waals surface area contributed by atoms with Gasteiger partial charge in [0.05, 0.1) is 0 Å². The van der Waals surface area contributed by atoms with E-state index >= 15 is 0 Å². The van der Waals surface area contributed by atoms with Gasteiger partial charge in [0, 0.05) is 5.69 Å². The fraction of sp³-hybridized carbons (Fsp3) is 0.455. The largest absolute Gasteiger partial charge is 0.336 e. The Labute approximate surface area is 87.9 Å². The molecule has 0 aliphatic heterocycles. The van der Waals surface area contributed by atoms with Gasteiger partial charge in [-0.15, -0.1) is 0 Å². The summed E-state index contributed by atoms with van der Waals surface area (Å²) in [6, 6.07) is 3.59. The number of nitrogens with two attached hydrogens (primary N) is 1.